The fourth-order valence-corrected chi connectivity index (χ4v) is 2.69. The first-order chi connectivity index (χ1) is 10.7. The molecule has 0 aliphatic rings. The minimum Gasteiger partial charge on any atom is -0.360 e. The Kier molecular flexibility index (Phi) is 5.17. The van der Waals surface area contributed by atoms with Gasteiger partial charge in [-0.25, -0.2) is 8.42 Å². The van der Waals surface area contributed by atoms with Crippen molar-refractivity contribution in [2.75, 3.05) is 18.1 Å². The van der Waals surface area contributed by atoms with E-state index in [0.29, 0.717) is 5.76 Å². The molecule has 2 rings (SSSR count). The van der Waals surface area contributed by atoms with E-state index in [1.54, 1.807) is 13.0 Å². The molecule has 1 heterocycles. The van der Waals surface area contributed by atoms with Crippen LogP contribution in [-0.2, 0) is 21.4 Å². The van der Waals surface area contributed by atoms with E-state index in [4.69, 9.17) is 4.52 Å². The molecule has 1 aromatic heterocycles. The Balaban J connectivity index is 2.06. The zero-order chi connectivity index (χ0) is 17.0. The molecule has 0 saturated carbocycles. The molecule has 0 spiro atoms. The van der Waals surface area contributed by atoms with Gasteiger partial charge in [0.25, 0.3) is 0 Å². The van der Waals surface area contributed by atoms with E-state index >= 15 is 0 Å². The SMILES string of the molecule is Cc1ccc(CN(CC(=O)Nc2cc(C)on2)S(C)(=O)=O)cc1. The maximum atomic E-state index is 12.0. The second-order valence-electron chi connectivity index (χ2n) is 5.39. The Labute approximate surface area is 135 Å². The number of aryl methyl sites for hydroxylation is 2. The van der Waals surface area contributed by atoms with Crippen LogP contribution in [0, 0.1) is 13.8 Å². The highest BCUT2D eigenvalue weighted by atomic mass is 32.2. The highest BCUT2D eigenvalue weighted by molar-refractivity contribution is 7.88. The molecular weight excluding hydrogens is 318 g/mol. The minimum atomic E-state index is -3.53. The minimum absolute atomic E-state index is 0.129. The van der Waals surface area contributed by atoms with Gasteiger partial charge >= 0.3 is 0 Å². The lowest BCUT2D eigenvalue weighted by molar-refractivity contribution is -0.116. The summed E-state index contributed by atoms with van der Waals surface area (Å²) in [5, 5.41) is 6.15. The second kappa shape index (κ2) is 6.93. The van der Waals surface area contributed by atoms with Crippen molar-refractivity contribution < 1.29 is 17.7 Å². The molecule has 0 radical (unpaired) electrons. The molecule has 0 fully saturated rings. The summed E-state index contributed by atoms with van der Waals surface area (Å²) in [7, 11) is -3.53. The molecule has 1 aromatic carbocycles. The van der Waals surface area contributed by atoms with E-state index in [1.165, 1.54) is 0 Å². The average Bonchev–Trinajstić information content (AvgIpc) is 2.84. The van der Waals surface area contributed by atoms with E-state index in [0.717, 1.165) is 21.7 Å². The van der Waals surface area contributed by atoms with Crippen LogP contribution in [0.1, 0.15) is 16.9 Å². The number of hydrogen-bond acceptors (Lipinski definition) is 5. The van der Waals surface area contributed by atoms with Crippen LogP contribution < -0.4 is 5.32 Å². The first-order valence-electron chi connectivity index (χ1n) is 6.98. The van der Waals surface area contributed by atoms with Gasteiger partial charge in [-0.1, -0.05) is 35.0 Å². The molecule has 0 atom stereocenters. The van der Waals surface area contributed by atoms with Gasteiger partial charge in [0, 0.05) is 12.6 Å². The maximum absolute atomic E-state index is 12.0. The molecule has 23 heavy (non-hydrogen) atoms. The zero-order valence-electron chi connectivity index (χ0n) is 13.2. The van der Waals surface area contributed by atoms with Crippen molar-refractivity contribution >= 4 is 21.7 Å². The molecule has 1 N–H and O–H groups in total. The van der Waals surface area contributed by atoms with Crippen molar-refractivity contribution in [2.45, 2.75) is 20.4 Å². The zero-order valence-corrected chi connectivity index (χ0v) is 14.1. The van der Waals surface area contributed by atoms with Crippen LogP contribution in [0.3, 0.4) is 0 Å². The standard InChI is InChI=1S/C15H19N3O4S/c1-11-4-6-13(7-5-11)9-18(23(3,20)21)10-15(19)16-14-8-12(2)22-17-14/h4-8H,9-10H2,1-3H3,(H,16,17,19). The van der Waals surface area contributed by atoms with E-state index in [-0.39, 0.29) is 18.9 Å². The van der Waals surface area contributed by atoms with Crippen LogP contribution in [-0.4, -0.2) is 36.6 Å². The molecule has 124 valence electrons. The molecule has 0 unspecified atom stereocenters. The Hall–Kier alpha value is -2.19. The third-order valence-electron chi connectivity index (χ3n) is 3.16. The number of carbonyl (C=O) groups is 1. The maximum Gasteiger partial charge on any atom is 0.240 e. The van der Waals surface area contributed by atoms with Crippen molar-refractivity contribution in [3.8, 4) is 0 Å². The fourth-order valence-electron chi connectivity index (χ4n) is 1.96. The van der Waals surface area contributed by atoms with E-state index < -0.39 is 15.9 Å². The first kappa shape index (κ1) is 17.2. The monoisotopic (exact) mass is 337 g/mol. The van der Waals surface area contributed by atoms with Crippen molar-refractivity contribution in [1.82, 2.24) is 9.46 Å². The topological polar surface area (TPSA) is 92.5 Å². The van der Waals surface area contributed by atoms with Gasteiger partial charge in [0.15, 0.2) is 5.82 Å². The lowest BCUT2D eigenvalue weighted by Gasteiger charge is -2.19. The Morgan fingerprint density at radius 1 is 1.26 bits per heavy atom. The number of nitrogens with zero attached hydrogens (tertiary/aromatic N) is 2. The lowest BCUT2D eigenvalue weighted by Crippen LogP contribution is -2.36. The number of hydrogen-bond donors (Lipinski definition) is 1. The first-order valence-corrected chi connectivity index (χ1v) is 8.83. The average molecular weight is 337 g/mol. The van der Waals surface area contributed by atoms with Gasteiger partial charge < -0.3 is 9.84 Å². The molecule has 0 aliphatic carbocycles. The summed E-state index contributed by atoms with van der Waals surface area (Å²) in [6, 6.07) is 9.03. The van der Waals surface area contributed by atoms with E-state index in [9.17, 15) is 13.2 Å². The molecule has 1 amide bonds. The summed E-state index contributed by atoms with van der Waals surface area (Å²) >= 11 is 0. The molecular formula is C15H19N3O4S. The quantitative estimate of drug-likeness (QED) is 0.866. The van der Waals surface area contributed by atoms with Gasteiger partial charge in [0.2, 0.25) is 15.9 Å². The Bertz CT molecular complexity index is 781. The van der Waals surface area contributed by atoms with Crippen molar-refractivity contribution in [2.24, 2.45) is 0 Å². The number of anilines is 1. The van der Waals surface area contributed by atoms with Crippen LogP contribution in [0.4, 0.5) is 5.82 Å². The largest absolute Gasteiger partial charge is 0.360 e. The molecule has 8 heteroatoms. The van der Waals surface area contributed by atoms with Gasteiger partial charge in [-0.3, -0.25) is 4.79 Å². The Morgan fingerprint density at radius 3 is 2.43 bits per heavy atom. The summed E-state index contributed by atoms with van der Waals surface area (Å²) in [6.45, 7) is 3.48. The van der Waals surface area contributed by atoms with Crippen molar-refractivity contribution in [3.63, 3.8) is 0 Å². The van der Waals surface area contributed by atoms with Gasteiger partial charge in [0.05, 0.1) is 12.8 Å². The van der Waals surface area contributed by atoms with E-state index in [1.807, 2.05) is 31.2 Å². The van der Waals surface area contributed by atoms with E-state index in [2.05, 4.69) is 10.5 Å². The molecule has 0 saturated heterocycles. The third-order valence-corrected chi connectivity index (χ3v) is 4.36. The van der Waals surface area contributed by atoms with Crippen LogP contribution in [0.15, 0.2) is 34.9 Å². The van der Waals surface area contributed by atoms with Gasteiger partial charge in [0.1, 0.15) is 5.76 Å². The van der Waals surface area contributed by atoms with Gasteiger partial charge in [-0.05, 0) is 19.4 Å². The summed E-state index contributed by atoms with van der Waals surface area (Å²) in [6.07, 6.45) is 1.08. The summed E-state index contributed by atoms with van der Waals surface area (Å²) in [5.74, 6) is 0.340. The van der Waals surface area contributed by atoms with Crippen LogP contribution >= 0.6 is 0 Å². The number of carbonyl (C=O) groups excluding carboxylic acids is 1. The highest BCUT2D eigenvalue weighted by Crippen LogP contribution is 2.11. The van der Waals surface area contributed by atoms with Crippen LogP contribution in [0.2, 0.25) is 0 Å². The van der Waals surface area contributed by atoms with Crippen molar-refractivity contribution in [3.05, 3.63) is 47.2 Å². The summed E-state index contributed by atoms with van der Waals surface area (Å²) in [5.41, 5.74) is 1.89. The third kappa shape index (κ3) is 5.19. The second-order valence-corrected chi connectivity index (χ2v) is 7.37. The summed E-state index contributed by atoms with van der Waals surface area (Å²) in [4.78, 5) is 12.0. The molecule has 0 aliphatic heterocycles. The number of rotatable bonds is 6. The van der Waals surface area contributed by atoms with Crippen molar-refractivity contribution in [1.29, 1.82) is 0 Å². The molecule has 2 aromatic rings. The number of benzene rings is 1. The number of nitrogens with one attached hydrogen (secondary N) is 1. The molecule has 7 nitrogen and oxygen atoms in total. The number of sulfonamides is 1. The van der Waals surface area contributed by atoms with Crippen LogP contribution in [0.25, 0.3) is 0 Å². The highest BCUT2D eigenvalue weighted by Gasteiger charge is 2.21. The normalized spacial score (nSPS) is 11.7. The number of amides is 1. The van der Waals surface area contributed by atoms with Crippen LogP contribution in [0.5, 0.6) is 0 Å². The predicted molar refractivity (Wildman–Crippen MR) is 86.3 cm³/mol. The summed E-state index contributed by atoms with van der Waals surface area (Å²) < 4.78 is 29.8. The van der Waals surface area contributed by atoms with Gasteiger partial charge in [-0.15, -0.1) is 0 Å². The lowest BCUT2D eigenvalue weighted by atomic mass is 10.1. The smallest absolute Gasteiger partial charge is 0.240 e. The number of aromatic nitrogens is 1. The van der Waals surface area contributed by atoms with Gasteiger partial charge in [-0.2, -0.15) is 4.31 Å². The molecule has 0 bridgehead atoms. The predicted octanol–water partition coefficient (Wildman–Crippen LogP) is 1.69. The Morgan fingerprint density at radius 2 is 1.91 bits per heavy atom. The fraction of sp³-hybridized carbons (Fsp3) is 0.333.